The summed E-state index contributed by atoms with van der Waals surface area (Å²) in [6, 6.07) is 1.59. The minimum atomic E-state index is -2.54. The van der Waals surface area contributed by atoms with Gasteiger partial charge in [0.1, 0.15) is 0 Å². The Hall–Kier alpha value is -0.875. The van der Waals surface area contributed by atoms with E-state index in [0.29, 0.717) is 5.46 Å². The van der Waals surface area contributed by atoms with Gasteiger partial charge in [0.05, 0.1) is 11.2 Å². The van der Waals surface area contributed by atoms with Gasteiger partial charge in [0.25, 0.3) is 0 Å². The maximum atomic E-state index is 12.5. The van der Waals surface area contributed by atoms with Crippen LogP contribution in [0, 0.1) is 0 Å². The summed E-state index contributed by atoms with van der Waals surface area (Å²) in [5, 5.41) is 0. The summed E-state index contributed by atoms with van der Waals surface area (Å²) < 4.78 is 37.3. The van der Waals surface area contributed by atoms with Crippen molar-refractivity contribution in [2.75, 3.05) is 0 Å². The van der Waals surface area contributed by atoms with Crippen LogP contribution in [0.4, 0.5) is 8.78 Å². The number of alkyl halides is 2. The van der Waals surface area contributed by atoms with E-state index in [2.05, 4.69) is 0 Å². The maximum absolute atomic E-state index is 12.5. The Morgan fingerprint density at radius 3 is 2.12 bits per heavy atom. The van der Waals surface area contributed by atoms with E-state index in [4.69, 9.17) is 9.31 Å². The van der Waals surface area contributed by atoms with Crippen molar-refractivity contribution in [3.8, 4) is 0 Å². The van der Waals surface area contributed by atoms with Crippen molar-refractivity contribution in [1.82, 2.24) is 4.57 Å². The molecular formula is C11H16BF2NO2. The summed E-state index contributed by atoms with van der Waals surface area (Å²) >= 11 is 0. The van der Waals surface area contributed by atoms with Crippen LogP contribution in [0.2, 0.25) is 0 Å². The van der Waals surface area contributed by atoms with Gasteiger partial charge in [-0.25, -0.2) is 0 Å². The molecule has 1 aromatic heterocycles. The fourth-order valence-electron chi connectivity index (χ4n) is 1.67. The second-order valence-corrected chi connectivity index (χ2v) is 5.26. The Morgan fingerprint density at radius 2 is 1.71 bits per heavy atom. The summed E-state index contributed by atoms with van der Waals surface area (Å²) in [6.45, 7) is 5.17. The van der Waals surface area contributed by atoms with Gasteiger partial charge in [0.2, 0.25) is 0 Å². The summed E-state index contributed by atoms with van der Waals surface area (Å²) in [7, 11) is -0.583. The molecule has 3 nitrogen and oxygen atoms in total. The number of hydrogen-bond acceptors (Lipinski definition) is 2. The molecule has 1 aliphatic rings. The molecule has 6 heteroatoms. The van der Waals surface area contributed by atoms with Crippen LogP contribution >= 0.6 is 0 Å². The summed E-state index contributed by atoms with van der Waals surface area (Å²) in [5.74, 6) is 0. The van der Waals surface area contributed by atoms with Gasteiger partial charge < -0.3 is 9.31 Å². The lowest BCUT2D eigenvalue weighted by Gasteiger charge is -2.32. The Morgan fingerprint density at radius 1 is 1.18 bits per heavy atom. The van der Waals surface area contributed by atoms with Crippen LogP contribution in [0.3, 0.4) is 0 Å². The molecule has 17 heavy (non-hydrogen) atoms. The highest BCUT2D eigenvalue weighted by Crippen LogP contribution is 2.36. The average Bonchev–Trinajstić information content (AvgIpc) is 2.70. The largest absolute Gasteiger partial charge is 0.496 e. The normalized spacial score (nSPS) is 22.4. The first-order chi connectivity index (χ1) is 7.73. The van der Waals surface area contributed by atoms with Gasteiger partial charge in [-0.2, -0.15) is 8.78 Å². The van der Waals surface area contributed by atoms with E-state index in [1.165, 1.54) is 12.4 Å². The Labute approximate surface area is 99.9 Å². The van der Waals surface area contributed by atoms with Crippen LogP contribution in [0.15, 0.2) is 18.5 Å². The summed E-state index contributed by atoms with van der Waals surface area (Å²) in [4.78, 5) is 0. The van der Waals surface area contributed by atoms with Crippen LogP contribution in [0.5, 0.6) is 0 Å². The van der Waals surface area contributed by atoms with Crippen LogP contribution in [-0.2, 0) is 9.31 Å². The summed E-state index contributed by atoms with van der Waals surface area (Å²) in [6.07, 6.45) is 2.68. The van der Waals surface area contributed by atoms with E-state index in [1.54, 1.807) is 6.07 Å². The summed E-state index contributed by atoms with van der Waals surface area (Å²) in [5.41, 5.74) is -0.293. The lowest BCUT2D eigenvalue weighted by Crippen LogP contribution is -2.41. The maximum Gasteiger partial charge on any atom is 0.496 e. The van der Waals surface area contributed by atoms with Gasteiger partial charge in [0.15, 0.2) is 0 Å². The van der Waals surface area contributed by atoms with Crippen LogP contribution < -0.4 is 5.46 Å². The zero-order chi connectivity index (χ0) is 12.8. The third-order valence-electron chi connectivity index (χ3n) is 3.49. The molecule has 1 aliphatic heterocycles. The number of rotatable bonds is 2. The fourth-order valence-corrected chi connectivity index (χ4v) is 1.67. The van der Waals surface area contributed by atoms with Crippen molar-refractivity contribution in [2.45, 2.75) is 45.4 Å². The zero-order valence-corrected chi connectivity index (χ0v) is 10.4. The standard InChI is InChI=1S/C11H16BF2NO2/c1-10(2)11(3,4)17-12(16-10)8-5-6-15(7-8)9(13)14/h5-7,9H,1-4H3. The molecule has 0 radical (unpaired) electrons. The Kier molecular flexibility index (Phi) is 2.82. The van der Waals surface area contributed by atoms with Crippen molar-refractivity contribution in [3.63, 3.8) is 0 Å². The topological polar surface area (TPSA) is 23.4 Å². The van der Waals surface area contributed by atoms with Crippen molar-refractivity contribution in [3.05, 3.63) is 18.5 Å². The molecule has 0 atom stereocenters. The van der Waals surface area contributed by atoms with Crippen LogP contribution in [0.1, 0.15) is 34.2 Å². The van der Waals surface area contributed by atoms with E-state index < -0.39 is 24.9 Å². The Balaban J connectivity index is 2.20. The van der Waals surface area contributed by atoms with E-state index in [-0.39, 0.29) is 0 Å². The van der Waals surface area contributed by atoms with Gasteiger partial charge in [-0.05, 0) is 33.8 Å². The highest BCUT2D eigenvalue weighted by Gasteiger charge is 2.51. The van der Waals surface area contributed by atoms with Gasteiger partial charge in [-0.15, -0.1) is 0 Å². The first-order valence-electron chi connectivity index (χ1n) is 5.54. The molecule has 94 valence electrons. The number of aromatic nitrogens is 1. The monoisotopic (exact) mass is 243 g/mol. The van der Waals surface area contributed by atoms with Crippen molar-refractivity contribution in [1.29, 1.82) is 0 Å². The smallest absolute Gasteiger partial charge is 0.399 e. The molecule has 2 heterocycles. The molecule has 1 fully saturated rings. The van der Waals surface area contributed by atoms with E-state index in [1.807, 2.05) is 27.7 Å². The van der Waals surface area contributed by atoms with Crippen molar-refractivity contribution >= 4 is 12.6 Å². The van der Waals surface area contributed by atoms with E-state index in [0.717, 1.165) is 4.57 Å². The zero-order valence-electron chi connectivity index (χ0n) is 10.4. The van der Waals surface area contributed by atoms with Crippen molar-refractivity contribution < 1.29 is 18.1 Å². The first-order valence-corrected chi connectivity index (χ1v) is 5.54. The SMILES string of the molecule is CC1(C)OB(c2ccn(C(F)F)c2)OC1(C)C. The molecule has 0 aliphatic carbocycles. The molecule has 0 N–H and O–H groups in total. The second kappa shape index (κ2) is 3.81. The second-order valence-electron chi connectivity index (χ2n) is 5.26. The van der Waals surface area contributed by atoms with E-state index >= 15 is 0 Å². The molecule has 1 saturated heterocycles. The number of halogens is 2. The molecule has 0 unspecified atom stereocenters. The van der Waals surface area contributed by atoms with E-state index in [9.17, 15) is 8.78 Å². The van der Waals surface area contributed by atoms with Crippen LogP contribution in [0.25, 0.3) is 0 Å². The lowest BCUT2D eigenvalue weighted by atomic mass is 9.81. The lowest BCUT2D eigenvalue weighted by molar-refractivity contribution is 0.00578. The highest BCUT2D eigenvalue weighted by molar-refractivity contribution is 6.62. The minimum absolute atomic E-state index is 0.454. The molecule has 2 rings (SSSR count). The molecule has 1 aromatic rings. The number of nitrogens with zero attached hydrogens (tertiary/aromatic N) is 1. The highest BCUT2D eigenvalue weighted by atomic mass is 19.3. The average molecular weight is 243 g/mol. The molecule has 0 amide bonds. The van der Waals surface area contributed by atoms with Gasteiger partial charge >= 0.3 is 13.7 Å². The number of hydrogen-bond donors (Lipinski definition) is 0. The predicted molar refractivity (Wildman–Crippen MR) is 61.4 cm³/mol. The molecule has 0 bridgehead atoms. The molecule has 0 saturated carbocycles. The van der Waals surface area contributed by atoms with Gasteiger partial charge in [0, 0.05) is 17.9 Å². The molecule has 0 spiro atoms. The van der Waals surface area contributed by atoms with Crippen LogP contribution in [-0.4, -0.2) is 22.9 Å². The third kappa shape index (κ3) is 2.11. The minimum Gasteiger partial charge on any atom is -0.399 e. The van der Waals surface area contributed by atoms with Gasteiger partial charge in [-0.1, -0.05) is 0 Å². The first kappa shape index (κ1) is 12.6. The predicted octanol–water partition coefficient (Wildman–Crippen LogP) is 2.18. The molecule has 0 aromatic carbocycles. The Bertz CT molecular complexity index is 401. The van der Waals surface area contributed by atoms with Crippen molar-refractivity contribution in [2.24, 2.45) is 0 Å². The molecular weight excluding hydrogens is 227 g/mol. The quantitative estimate of drug-likeness (QED) is 0.743. The van der Waals surface area contributed by atoms with Gasteiger partial charge in [-0.3, -0.25) is 4.57 Å². The fraction of sp³-hybridized carbons (Fsp3) is 0.636. The third-order valence-corrected chi connectivity index (χ3v) is 3.49.